The zero-order valence-corrected chi connectivity index (χ0v) is 12.0. The van der Waals surface area contributed by atoms with E-state index in [1.165, 1.54) is 18.2 Å². The van der Waals surface area contributed by atoms with E-state index >= 15 is 0 Å². The van der Waals surface area contributed by atoms with Gasteiger partial charge in [-0.1, -0.05) is 12.1 Å². The summed E-state index contributed by atoms with van der Waals surface area (Å²) in [5, 5.41) is 47.1. The van der Waals surface area contributed by atoms with E-state index in [1.807, 2.05) is 0 Å². The number of benzene rings is 1. The first-order valence-corrected chi connectivity index (χ1v) is 6.90. The summed E-state index contributed by atoms with van der Waals surface area (Å²) in [4.78, 5) is 11.7. The van der Waals surface area contributed by atoms with Crippen molar-refractivity contribution in [1.82, 2.24) is 0 Å². The predicted octanol–water partition coefficient (Wildman–Crippen LogP) is -1.25. The smallest absolute Gasteiger partial charge is 0.333 e. The molecule has 0 spiro atoms. The fourth-order valence-corrected chi connectivity index (χ4v) is 2.07. The Bertz CT molecular complexity index is 553. The normalized spacial score (nSPS) is 31.2. The third-order valence-corrected chi connectivity index (χ3v) is 3.39. The monoisotopic (exact) mass is 326 g/mol. The Balaban J connectivity index is 1.97. The number of phenols is 1. The van der Waals surface area contributed by atoms with Crippen LogP contribution in [0.3, 0.4) is 0 Å². The number of phenolic OH excluding ortho intramolecular Hbond substituents is 1. The Hall–Kier alpha value is -1.97. The molecule has 1 aliphatic rings. The third kappa shape index (κ3) is 4.27. The molecule has 1 fully saturated rings. The standard InChI is InChI=1S/C15H18O8/c16-7-10-12(19)13(20)14(21)15(22-10)23-11(18)6-3-8-1-4-9(17)5-2-8/h1-6,10,12-17,19-21H,7H2/b6-3+/t10-,12-,13+,14-,15?/m1/s1. The Labute approximate surface area is 131 Å². The molecule has 5 atom stereocenters. The second kappa shape index (κ2) is 7.53. The molecule has 0 aromatic heterocycles. The van der Waals surface area contributed by atoms with Gasteiger partial charge in [0.05, 0.1) is 6.61 Å². The molecule has 1 aromatic rings. The fraction of sp³-hybridized carbons (Fsp3) is 0.400. The fourth-order valence-electron chi connectivity index (χ4n) is 2.07. The minimum Gasteiger partial charge on any atom is -0.508 e. The molecule has 5 N–H and O–H groups in total. The van der Waals surface area contributed by atoms with Gasteiger partial charge in [-0.3, -0.25) is 0 Å². The number of carbonyl (C=O) groups excluding carboxylic acids is 1. The highest BCUT2D eigenvalue weighted by atomic mass is 16.7. The number of aliphatic hydroxyl groups excluding tert-OH is 4. The van der Waals surface area contributed by atoms with Gasteiger partial charge in [0.1, 0.15) is 30.2 Å². The van der Waals surface area contributed by atoms with Gasteiger partial charge in [0.25, 0.3) is 0 Å². The maximum absolute atomic E-state index is 11.7. The van der Waals surface area contributed by atoms with Gasteiger partial charge >= 0.3 is 5.97 Å². The molecular weight excluding hydrogens is 308 g/mol. The lowest BCUT2D eigenvalue weighted by molar-refractivity contribution is -0.291. The van der Waals surface area contributed by atoms with Crippen LogP contribution in [0, 0.1) is 0 Å². The molecule has 1 heterocycles. The number of ether oxygens (including phenoxy) is 2. The first-order chi connectivity index (χ1) is 10.9. The van der Waals surface area contributed by atoms with Crippen LogP contribution >= 0.6 is 0 Å². The maximum atomic E-state index is 11.7. The quantitative estimate of drug-likeness (QED) is 0.342. The van der Waals surface area contributed by atoms with E-state index in [1.54, 1.807) is 12.1 Å². The lowest BCUT2D eigenvalue weighted by Crippen LogP contribution is -2.59. The van der Waals surface area contributed by atoms with Crippen molar-refractivity contribution < 1.29 is 39.8 Å². The van der Waals surface area contributed by atoms with E-state index < -0.39 is 43.3 Å². The minimum absolute atomic E-state index is 0.0889. The van der Waals surface area contributed by atoms with E-state index in [4.69, 9.17) is 19.7 Å². The highest BCUT2D eigenvalue weighted by Gasteiger charge is 2.45. The number of hydrogen-bond acceptors (Lipinski definition) is 8. The van der Waals surface area contributed by atoms with Crippen molar-refractivity contribution in [2.24, 2.45) is 0 Å². The van der Waals surface area contributed by atoms with E-state index in [0.29, 0.717) is 5.56 Å². The van der Waals surface area contributed by atoms with Crippen LogP contribution in [0.25, 0.3) is 6.08 Å². The number of aliphatic hydroxyl groups is 4. The van der Waals surface area contributed by atoms with Crippen LogP contribution < -0.4 is 0 Å². The zero-order chi connectivity index (χ0) is 17.0. The van der Waals surface area contributed by atoms with Gasteiger partial charge < -0.3 is 35.0 Å². The summed E-state index contributed by atoms with van der Waals surface area (Å²) < 4.78 is 9.92. The first kappa shape index (κ1) is 17.4. The van der Waals surface area contributed by atoms with E-state index in [2.05, 4.69) is 0 Å². The molecule has 1 unspecified atom stereocenters. The molecular formula is C15H18O8. The van der Waals surface area contributed by atoms with Crippen LogP contribution in [0.2, 0.25) is 0 Å². The molecule has 1 saturated heterocycles. The molecule has 0 saturated carbocycles. The molecule has 0 amide bonds. The van der Waals surface area contributed by atoms with Crippen molar-refractivity contribution in [2.45, 2.75) is 30.7 Å². The summed E-state index contributed by atoms with van der Waals surface area (Å²) in [6, 6.07) is 6.05. The van der Waals surface area contributed by atoms with Gasteiger partial charge in [-0.25, -0.2) is 4.79 Å². The number of aromatic hydroxyl groups is 1. The van der Waals surface area contributed by atoms with Gasteiger partial charge in [-0.15, -0.1) is 0 Å². The highest BCUT2D eigenvalue weighted by molar-refractivity contribution is 5.87. The van der Waals surface area contributed by atoms with E-state index in [9.17, 15) is 20.1 Å². The lowest BCUT2D eigenvalue weighted by Gasteiger charge is -2.38. The molecule has 0 aliphatic carbocycles. The average Bonchev–Trinajstić information content (AvgIpc) is 2.55. The van der Waals surface area contributed by atoms with Crippen LogP contribution in [0.1, 0.15) is 5.56 Å². The van der Waals surface area contributed by atoms with Crippen LogP contribution in [-0.2, 0) is 14.3 Å². The second-order valence-electron chi connectivity index (χ2n) is 5.06. The number of hydrogen-bond donors (Lipinski definition) is 5. The van der Waals surface area contributed by atoms with Gasteiger partial charge in [0.15, 0.2) is 0 Å². The van der Waals surface area contributed by atoms with Crippen molar-refractivity contribution in [3.63, 3.8) is 0 Å². The molecule has 8 heteroatoms. The summed E-state index contributed by atoms with van der Waals surface area (Å²) in [5.41, 5.74) is 0.633. The van der Waals surface area contributed by atoms with Gasteiger partial charge in [0, 0.05) is 6.08 Å². The van der Waals surface area contributed by atoms with Crippen LogP contribution in [-0.4, -0.2) is 68.8 Å². The predicted molar refractivity (Wildman–Crippen MR) is 77.0 cm³/mol. The topological polar surface area (TPSA) is 137 Å². The summed E-state index contributed by atoms with van der Waals surface area (Å²) in [6.07, 6.45) is -4.93. The average molecular weight is 326 g/mol. The minimum atomic E-state index is -1.64. The number of esters is 1. The SMILES string of the molecule is O=C(/C=C/c1ccc(O)cc1)OC1O[C@H](CO)[C@@H](O)[C@H](O)[C@H]1O. The van der Waals surface area contributed by atoms with Crippen LogP contribution in [0.15, 0.2) is 30.3 Å². The van der Waals surface area contributed by atoms with Crippen molar-refractivity contribution in [2.75, 3.05) is 6.61 Å². The van der Waals surface area contributed by atoms with E-state index in [-0.39, 0.29) is 5.75 Å². The molecule has 1 aromatic carbocycles. The Kier molecular flexibility index (Phi) is 5.69. The molecule has 1 aliphatic heterocycles. The van der Waals surface area contributed by atoms with Crippen LogP contribution in [0.5, 0.6) is 5.75 Å². The summed E-state index contributed by atoms with van der Waals surface area (Å²) in [5.74, 6) is -0.756. The van der Waals surface area contributed by atoms with Gasteiger partial charge in [-0.2, -0.15) is 0 Å². The van der Waals surface area contributed by atoms with Crippen molar-refractivity contribution in [3.05, 3.63) is 35.9 Å². The number of carbonyl (C=O) groups is 1. The van der Waals surface area contributed by atoms with Gasteiger partial charge in [0.2, 0.25) is 6.29 Å². The maximum Gasteiger partial charge on any atom is 0.333 e. The second-order valence-corrected chi connectivity index (χ2v) is 5.06. The molecule has 126 valence electrons. The van der Waals surface area contributed by atoms with E-state index in [0.717, 1.165) is 6.08 Å². The summed E-state index contributed by atoms with van der Waals surface area (Å²) in [6.45, 7) is -0.609. The van der Waals surface area contributed by atoms with Crippen molar-refractivity contribution in [3.8, 4) is 5.75 Å². The zero-order valence-electron chi connectivity index (χ0n) is 12.0. The molecule has 2 rings (SSSR count). The van der Waals surface area contributed by atoms with Crippen LogP contribution in [0.4, 0.5) is 0 Å². The molecule has 0 radical (unpaired) electrons. The largest absolute Gasteiger partial charge is 0.508 e. The Morgan fingerprint density at radius 2 is 1.78 bits per heavy atom. The third-order valence-electron chi connectivity index (χ3n) is 3.39. The highest BCUT2D eigenvalue weighted by Crippen LogP contribution is 2.22. The Morgan fingerprint density at radius 3 is 2.39 bits per heavy atom. The van der Waals surface area contributed by atoms with Crippen molar-refractivity contribution >= 4 is 12.0 Å². The summed E-state index contributed by atoms with van der Waals surface area (Å²) >= 11 is 0. The molecule has 0 bridgehead atoms. The first-order valence-electron chi connectivity index (χ1n) is 6.90. The Morgan fingerprint density at radius 1 is 1.13 bits per heavy atom. The summed E-state index contributed by atoms with van der Waals surface area (Å²) in [7, 11) is 0. The molecule has 23 heavy (non-hydrogen) atoms. The molecule has 8 nitrogen and oxygen atoms in total. The number of rotatable bonds is 4. The lowest BCUT2D eigenvalue weighted by atomic mass is 9.99. The van der Waals surface area contributed by atoms with Crippen molar-refractivity contribution in [1.29, 1.82) is 0 Å². The van der Waals surface area contributed by atoms with Gasteiger partial charge in [-0.05, 0) is 23.8 Å².